The standard InChI is InChI=1S/C15H19N2O/c16-10-13-1-2-15-14(9-13)3-6-17(15)11-12-4-7-18-8-5-12/h1-2,6,9,12H,4-5,7-8,10-11,16H2. The topological polar surface area (TPSA) is 40.2 Å². The van der Waals surface area contributed by atoms with E-state index in [4.69, 9.17) is 10.5 Å². The van der Waals surface area contributed by atoms with Crippen molar-refractivity contribution < 1.29 is 4.74 Å². The number of benzene rings is 1. The largest absolute Gasteiger partial charge is 0.381 e. The molecule has 1 aliphatic heterocycles. The Kier molecular flexibility index (Phi) is 3.35. The van der Waals surface area contributed by atoms with E-state index < -0.39 is 0 Å². The predicted molar refractivity (Wildman–Crippen MR) is 72.2 cm³/mol. The van der Waals surface area contributed by atoms with Crippen LogP contribution in [0.1, 0.15) is 18.4 Å². The van der Waals surface area contributed by atoms with Crippen LogP contribution in [-0.4, -0.2) is 17.8 Å². The maximum Gasteiger partial charge on any atom is 0.0487 e. The quantitative estimate of drug-likeness (QED) is 0.898. The molecule has 0 atom stereocenters. The molecule has 1 aromatic heterocycles. The molecule has 1 aromatic carbocycles. The molecule has 2 aromatic rings. The maximum atomic E-state index is 5.66. The van der Waals surface area contributed by atoms with Crippen LogP contribution in [0.3, 0.4) is 0 Å². The lowest BCUT2D eigenvalue weighted by Crippen LogP contribution is -2.20. The molecule has 95 valence electrons. The predicted octanol–water partition coefficient (Wildman–Crippen LogP) is 2.33. The van der Waals surface area contributed by atoms with E-state index in [2.05, 4.69) is 35.0 Å². The van der Waals surface area contributed by atoms with Crippen molar-refractivity contribution in [2.24, 2.45) is 11.7 Å². The van der Waals surface area contributed by atoms with Gasteiger partial charge in [-0.1, -0.05) is 6.07 Å². The summed E-state index contributed by atoms with van der Waals surface area (Å²) in [6.45, 7) is 3.48. The fraction of sp³-hybridized carbons (Fsp3) is 0.467. The van der Waals surface area contributed by atoms with Crippen LogP contribution in [0, 0.1) is 12.0 Å². The summed E-state index contributed by atoms with van der Waals surface area (Å²) in [7, 11) is 0. The molecule has 2 N–H and O–H groups in total. The van der Waals surface area contributed by atoms with Gasteiger partial charge in [-0.15, -0.1) is 0 Å². The van der Waals surface area contributed by atoms with Crippen molar-refractivity contribution in [3.8, 4) is 0 Å². The van der Waals surface area contributed by atoms with Crippen LogP contribution in [0.2, 0.25) is 0 Å². The highest BCUT2D eigenvalue weighted by molar-refractivity contribution is 5.80. The molecule has 1 radical (unpaired) electrons. The fourth-order valence-corrected chi connectivity index (χ4v) is 2.65. The average molecular weight is 243 g/mol. The van der Waals surface area contributed by atoms with Gasteiger partial charge in [0.15, 0.2) is 0 Å². The molecule has 0 bridgehead atoms. The number of nitrogens with two attached hydrogens (primary N) is 1. The lowest BCUT2D eigenvalue weighted by Gasteiger charge is -2.22. The third-order valence-corrected chi connectivity index (χ3v) is 3.78. The molecule has 0 amide bonds. The normalized spacial score (nSPS) is 17.4. The Balaban J connectivity index is 1.83. The van der Waals surface area contributed by atoms with Crippen molar-refractivity contribution in [3.63, 3.8) is 0 Å². The number of nitrogens with zero attached hydrogens (tertiary/aromatic N) is 1. The van der Waals surface area contributed by atoms with Gasteiger partial charge < -0.3 is 15.0 Å². The number of hydrogen-bond donors (Lipinski definition) is 1. The summed E-state index contributed by atoms with van der Waals surface area (Å²) in [5, 5.41) is 1.17. The molecular weight excluding hydrogens is 224 g/mol. The van der Waals surface area contributed by atoms with Crippen LogP contribution < -0.4 is 5.73 Å². The first-order valence-corrected chi connectivity index (χ1v) is 6.64. The number of hydrogen-bond acceptors (Lipinski definition) is 2. The Labute approximate surface area is 108 Å². The number of aromatic nitrogens is 1. The molecule has 1 saturated heterocycles. The molecule has 18 heavy (non-hydrogen) atoms. The van der Waals surface area contributed by atoms with Crippen molar-refractivity contribution in [3.05, 3.63) is 36.0 Å². The van der Waals surface area contributed by atoms with Crippen molar-refractivity contribution in [1.29, 1.82) is 0 Å². The lowest BCUT2D eigenvalue weighted by atomic mass is 10.0. The van der Waals surface area contributed by atoms with Gasteiger partial charge in [0.05, 0.1) is 0 Å². The van der Waals surface area contributed by atoms with Gasteiger partial charge in [-0.05, 0) is 36.5 Å². The molecule has 1 aliphatic rings. The Morgan fingerprint density at radius 2 is 2.17 bits per heavy atom. The average Bonchev–Trinajstić information content (AvgIpc) is 2.82. The van der Waals surface area contributed by atoms with E-state index in [-0.39, 0.29) is 0 Å². The summed E-state index contributed by atoms with van der Waals surface area (Å²) in [6, 6.07) is 9.73. The van der Waals surface area contributed by atoms with Gasteiger partial charge in [0, 0.05) is 49.5 Å². The maximum absolute atomic E-state index is 5.66. The lowest BCUT2D eigenvalue weighted by molar-refractivity contribution is 0.0616. The Bertz CT molecular complexity index is 526. The first-order chi connectivity index (χ1) is 8.86. The highest BCUT2D eigenvalue weighted by atomic mass is 16.5. The van der Waals surface area contributed by atoms with Crippen LogP contribution in [-0.2, 0) is 17.8 Å². The third kappa shape index (κ3) is 2.28. The van der Waals surface area contributed by atoms with Crippen molar-refractivity contribution in [2.45, 2.75) is 25.9 Å². The second-order valence-electron chi connectivity index (χ2n) is 5.04. The van der Waals surface area contributed by atoms with Crippen LogP contribution in [0.5, 0.6) is 0 Å². The molecule has 0 unspecified atom stereocenters. The van der Waals surface area contributed by atoms with Gasteiger partial charge in [-0.2, -0.15) is 0 Å². The van der Waals surface area contributed by atoms with Crippen molar-refractivity contribution in [1.82, 2.24) is 4.57 Å². The molecule has 0 spiro atoms. The minimum absolute atomic E-state index is 0.592. The highest BCUT2D eigenvalue weighted by Gasteiger charge is 2.15. The van der Waals surface area contributed by atoms with Gasteiger partial charge in [0.25, 0.3) is 0 Å². The molecular formula is C15H19N2O. The zero-order chi connectivity index (χ0) is 12.4. The fourth-order valence-electron chi connectivity index (χ4n) is 2.65. The molecule has 3 nitrogen and oxygen atoms in total. The van der Waals surface area contributed by atoms with Gasteiger partial charge in [-0.25, -0.2) is 0 Å². The third-order valence-electron chi connectivity index (χ3n) is 3.78. The first-order valence-electron chi connectivity index (χ1n) is 6.64. The van der Waals surface area contributed by atoms with Crippen LogP contribution in [0.25, 0.3) is 10.9 Å². The minimum atomic E-state index is 0.592. The minimum Gasteiger partial charge on any atom is -0.381 e. The van der Waals surface area contributed by atoms with E-state index in [0.717, 1.165) is 25.7 Å². The molecule has 2 heterocycles. The van der Waals surface area contributed by atoms with E-state index in [1.54, 1.807) is 0 Å². The van der Waals surface area contributed by atoms with Crippen LogP contribution in [0.15, 0.2) is 24.4 Å². The number of ether oxygens (including phenoxy) is 1. The first kappa shape index (κ1) is 11.8. The van der Waals surface area contributed by atoms with Gasteiger partial charge >= 0.3 is 0 Å². The van der Waals surface area contributed by atoms with E-state index in [1.165, 1.54) is 29.3 Å². The molecule has 3 rings (SSSR count). The summed E-state index contributed by atoms with van der Waals surface area (Å²) in [4.78, 5) is 0. The zero-order valence-corrected chi connectivity index (χ0v) is 10.6. The number of rotatable bonds is 3. The Morgan fingerprint density at radius 1 is 1.33 bits per heavy atom. The zero-order valence-electron chi connectivity index (χ0n) is 10.6. The molecule has 0 aliphatic carbocycles. The van der Waals surface area contributed by atoms with Crippen molar-refractivity contribution in [2.75, 3.05) is 13.2 Å². The van der Waals surface area contributed by atoms with E-state index in [0.29, 0.717) is 6.54 Å². The monoisotopic (exact) mass is 243 g/mol. The second kappa shape index (κ2) is 5.12. The van der Waals surface area contributed by atoms with Gasteiger partial charge in [-0.3, -0.25) is 0 Å². The van der Waals surface area contributed by atoms with Crippen molar-refractivity contribution >= 4 is 10.9 Å². The summed E-state index contributed by atoms with van der Waals surface area (Å²) < 4.78 is 7.72. The smallest absolute Gasteiger partial charge is 0.0487 e. The Hall–Kier alpha value is -1.32. The summed E-state index contributed by atoms with van der Waals surface area (Å²) >= 11 is 0. The van der Waals surface area contributed by atoms with Crippen LogP contribution >= 0.6 is 0 Å². The van der Waals surface area contributed by atoms with Crippen LogP contribution in [0.4, 0.5) is 0 Å². The number of fused-ring (bicyclic) bond motifs is 1. The van der Waals surface area contributed by atoms with E-state index >= 15 is 0 Å². The van der Waals surface area contributed by atoms with Gasteiger partial charge in [0.1, 0.15) is 0 Å². The van der Waals surface area contributed by atoms with E-state index in [1.807, 2.05) is 0 Å². The van der Waals surface area contributed by atoms with E-state index in [9.17, 15) is 0 Å². The summed E-state index contributed by atoms with van der Waals surface area (Å²) in [6.07, 6.45) is 4.40. The molecule has 0 saturated carbocycles. The highest BCUT2D eigenvalue weighted by Crippen LogP contribution is 2.22. The molecule has 1 fully saturated rings. The second-order valence-corrected chi connectivity index (χ2v) is 5.04. The summed E-state index contributed by atoms with van der Waals surface area (Å²) in [5.41, 5.74) is 8.09. The van der Waals surface area contributed by atoms with Gasteiger partial charge in [0.2, 0.25) is 0 Å². The Morgan fingerprint density at radius 3 is 2.94 bits per heavy atom. The summed E-state index contributed by atoms with van der Waals surface area (Å²) in [5.74, 6) is 0.733. The SMILES string of the molecule is NCc1ccc2c([c]cn2CC2CCOCC2)c1. The molecule has 3 heteroatoms.